The number of hydrogen-bond donors (Lipinski definition) is 4. The van der Waals surface area contributed by atoms with Gasteiger partial charge in [0, 0.05) is 23.0 Å². The van der Waals surface area contributed by atoms with E-state index < -0.39 is 5.91 Å². The van der Waals surface area contributed by atoms with E-state index in [0.717, 1.165) is 11.8 Å². The fraction of sp³-hybridized carbons (Fsp3) is 0.105. The Morgan fingerprint density at radius 1 is 1.12 bits per heavy atom. The molecule has 0 saturated carbocycles. The number of nitrogens with one attached hydrogen (secondary N) is 3. The molecular formula is C19H20N4O3. The highest BCUT2D eigenvalue weighted by Gasteiger charge is 2.15. The van der Waals surface area contributed by atoms with Gasteiger partial charge in [-0.2, -0.15) is 0 Å². The van der Waals surface area contributed by atoms with Crippen LogP contribution in [-0.2, 0) is 4.84 Å². The van der Waals surface area contributed by atoms with Crippen LogP contribution in [-0.4, -0.2) is 25.0 Å². The number of anilines is 1. The summed E-state index contributed by atoms with van der Waals surface area (Å²) in [5.74, 6) is -0.747. The number of allylic oxidation sites excluding steroid dienone is 1. The molecule has 0 aromatic heterocycles. The number of carbonyl (C=O) groups is 2. The maximum absolute atomic E-state index is 12.5. The van der Waals surface area contributed by atoms with E-state index in [9.17, 15) is 9.59 Å². The summed E-state index contributed by atoms with van der Waals surface area (Å²) in [5.41, 5.74) is 10.4. The molecule has 0 atom stereocenters. The van der Waals surface area contributed by atoms with Crippen LogP contribution < -0.4 is 16.5 Å². The first-order valence-corrected chi connectivity index (χ1v) is 7.79. The standard InChI is InChI=1S/C19H20N4O3/c1-12-8-9-14(19(25)23-26-2)10-16(12)22-18(21)15(11-20)17(24)13-6-4-3-5-7-13/h3-11,20,22H,21H2,1-2H3,(H,23,25)/b18-15+,20-11?. The molecule has 0 saturated heterocycles. The smallest absolute Gasteiger partial charge is 0.274 e. The van der Waals surface area contributed by atoms with Gasteiger partial charge in [-0.3, -0.25) is 14.4 Å². The maximum atomic E-state index is 12.5. The molecule has 26 heavy (non-hydrogen) atoms. The molecule has 0 spiro atoms. The largest absolute Gasteiger partial charge is 0.385 e. The highest BCUT2D eigenvalue weighted by atomic mass is 16.6. The molecule has 0 heterocycles. The van der Waals surface area contributed by atoms with Gasteiger partial charge >= 0.3 is 0 Å². The lowest BCUT2D eigenvalue weighted by atomic mass is 10.0. The van der Waals surface area contributed by atoms with Gasteiger partial charge in [-0.25, -0.2) is 5.48 Å². The Bertz CT molecular complexity index is 860. The average Bonchev–Trinajstić information content (AvgIpc) is 2.65. The molecule has 2 aromatic rings. The molecule has 2 rings (SSSR count). The van der Waals surface area contributed by atoms with Crippen LogP contribution in [0.2, 0.25) is 0 Å². The van der Waals surface area contributed by atoms with Gasteiger partial charge in [0.25, 0.3) is 5.91 Å². The molecule has 0 bridgehead atoms. The fourth-order valence-electron chi connectivity index (χ4n) is 2.27. The summed E-state index contributed by atoms with van der Waals surface area (Å²) >= 11 is 0. The second-order valence-corrected chi connectivity index (χ2v) is 5.46. The number of hydroxylamine groups is 1. The zero-order chi connectivity index (χ0) is 19.1. The summed E-state index contributed by atoms with van der Waals surface area (Å²) in [7, 11) is 1.34. The Balaban J connectivity index is 2.34. The van der Waals surface area contributed by atoms with E-state index in [1.54, 1.807) is 48.5 Å². The number of benzene rings is 2. The van der Waals surface area contributed by atoms with Gasteiger partial charge in [0.05, 0.1) is 12.7 Å². The topological polar surface area (TPSA) is 117 Å². The minimum atomic E-state index is -0.411. The van der Waals surface area contributed by atoms with E-state index in [1.807, 2.05) is 6.92 Å². The summed E-state index contributed by atoms with van der Waals surface area (Å²) in [5, 5.41) is 10.5. The van der Waals surface area contributed by atoms with Gasteiger partial charge in [-0.15, -0.1) is 0 Å². The monoisotopic (exact) mass is 352 g/mol. The van der Waals surface area contributed by atoms with E-state index in [-0.39, 0.29) is 17.2 Å². The van der Waals surface area contributed by atoms with Gasteiger partial charge in [0.2, 0.25) is 0 Å². The van der Waals surface area contributed by atoms with Crippen molar-refractivity contribution in [2.45, 2.75) is 6.92 Å². The van der Waals surface area contributed by atoms with Crippen molar-refractivity contribution in [2.75, 3.05) is 12.4 Å². The summed E-state index contributed by atoms with van der Waals surface area (Å²) in [6, 6.07) is 13.5. The molecule has 134 valence electrons. The average molecular weight is 352 g/mol. The quantitative estimate of drug-likeness (QED) is 0.264. The zero-order valence-electron chi connectivity index (χ0n) is 14.5. The predicted octanol–water partition coefficient (Wildman–Crippen LogP) is 2.40. The Kier molecular flexibility index (Phi) is 6.24. The normalized spacial score (nSPS) is 11.3. The van der Waals surface area contributed by atoms with Crippen molar-refractivity contribution in [1.29, 1.82) is 5.41 Å². The van der Waals surface area contributed by atoms with Crippen LogP contribution in [0.4, 0.5) is 5.69 Å². The summed E-state index contributed by atoms with van der Waals surface area (Å²) in [4.78, 5) is 29.0. The lowest BCUT2D eigenvalue weighted by Gasteiger charge is -2.13. The van der Waals surface area contributed by atoms with Gasteiger partial charge in [-0.1, -0.05) is 36.4 Å². The number of ketones is 1. The van der Waals surface area contributed by atoms with E-state index in [2.05, 4.69) is 15.6 Å². The molecule has 0 radical (unpaired) electrons. The van der Waals surface area contributed by atoms with E-state index in [4.69, 9.17) is 11.1 Å². The summed E-state index contributed by atoms with van der Waals surface area (Å²) in [6.45, 7) is 1.83. The summed E-state index contributed by atoms with van der Waals surface area (Å²) < 4.78 is 0. The highest BCUT2D eigenvalue weighted by Crippen LogP contribution is 2.19. The minimum Gasteiger partial charge on any atom is -0.385 e. The number of nitrogens with two attached hydrogens (primary N) is 1. The highest BCUT2D eigenvalue weighted by molar-refractivity contribution is 6.21. The third kappa shape index (κ3) is 4.34. The Hall–Kier alpha value is -3.45. The number of carbonyl (C=O) groups excluding carboxylic acids is 2. The van der Waals surface area contributed by atoms with E-state index >= 15 is 0 Å². The van der Waals surface area contributed by atoms with E-state index in [1.165, 1.54) is 7.11 Å². The third-order valence-corrected chi connectivity index (χ3v) is 3.68. The number of amides is 1. The molecule has 7 nitrogen and oxygen atoms in total. The first-order valence-electron chi connectivity index (χ1n) is 7.79. The second-order valence-electron chi connectivity index (χ2n) is 5.46. The number of Topliss-reactive ketones (excluding diaryl/α,β-unsaturated/α-hetero) is 1. The van der Waals surface area contributed by atoms with Crippen LogP contribution in [0, 0.1) is 12.3 Å². The van der Waals surface area contributed by atoms with Crippen LogP contribution in [0.3, 0.4) is 0 Å². The molecule has 1 amide bonds. The van der Waals surface area contributed by atoms with Crippen molar-refractivity contribution in [3.05, 3.63) is 76.6 Å². The molecule has 0 aliphatic heterocycles. The van der Waals surface area contributed by atoms with E-state index in [0.29, 0.717) is 16.8 Å². The lowest BCUT2D eigenvalue weighted by molar-refractivity contribution is 0.0537. The molecule has 2 aromatic carbocycles. The molecule has 0 fully saturated rings. The SMILES string of the molecule is CONC(=O)c1ccc(C)c(N/C(N)=C(\C=N)C(=O)c2ccccc2)c1. The van der Waals surface area contributed by atoms with Gasteiger partial charge in [0.1, 0.15) is 5.82 Å². The van der Waals surface area contributed by atoms with Crippen LogP contribution >= 0.6 is 0 Å². The second kappa shape index (κ2) is 8.59. The molecule has 7 heteroatoms. The van der Waals surface area contributed by atoms with Crippen LogP contribution in [0.5, 0.6) is 0 Å². The van der Waals surface area contributed by atoms with Gasteiger partial charge in [0.15, 0.2) is 5.78 Å². The maximum Gasteiger partial charge on any atom is 0.274 e. The first-order chi connectivity index (χ1) is 12.5. The lowest BCUT2D eigenvalue weighted by Crippen LogP contribution is -2.22. The molecule has 5 N–H and O–H groups in total. The van der Waals surface area contributed by atoms with Crippen molar-refractivity contribution < 1.29 is 14.4 Å². The third-order valence-electron chi connectivity index (χ3n) is 3.68. The molecule has 0 unspecified atom stereocenters. The number of rotatable bonds is 7. The van der Waals surface area contributed by atoms with Gasteiger partial charge < -0.3 is 16.5 Å². The molecular weight excluding hydrogens is 332 g/mol. The van der Waals surface area contributed by atoms with Crippen LogP contribution in [0.15, 0.2) is 59.9 Å². The van der Waals surface area contributed by atoms with Crippen molar-refractivity contribution in [2.24, 2.45) is 5.73 Å². The fourth-order valence-corrected chi connectivity index (χ4v) is 2.27. The molecule has 0 aliphatic rings. The van der Waals surface area contributed by atoms with Crippen molar-refractivity contribution in [3.8, 4) is 0 Å². The Morgan fingerprint density at radius 2 is 1.81 bits per heavy atom. The van der Waals surface area contributed by atoms with Crippen molar-refractivity contribution >= 4 is 23.6 Å². The van der Waals surface area contributed by atoms with Crippen molar-refractivity contribution in [3.63, 3.8) is 0 Å². The zero-order valence-corrected chi connectivity index (χ0v) is 14.5. The van der Waals surface area contributed by atoms with Gasteiger partial charge in [-0.05, 0) is 24.6 Å². The Morgan fingerprint density at radius 3 is 2.42 bits per heavy atom. The number of aryl methyl sites for hydroxylation is 1. The predicted molar refractivity (Wildman–Crippen MR) is 100 cm³/mol. The molecule has 0 aliphatic carbocycles. The van der Waals surface area contributed by atoms with Crippen molar-refractivity contribution in [1.82, 2.24) is 5.48 Å². The minimum absolute atomic E-state index is 0.0289. The van der Waals surface area contributed by atoms with Crippen LogP contribution in [0.25, 0.3) is 0 Å². The number of hydrogen-bond acceptors (Lipinski definition) is 6. The Labute approximate surface area is 151 Å². The first kappa shape index (κ1) is 18.9. The summed E-state index contributed by atoms with van der Waals surface area (Å²) in [6.07, 6.45) is 0.911. The van der Waals surface area contributed by atoms with Crippen LogP contribution in [0.1, 0.15) is 26.3 Å².